The maximum absolute atomic E-state index is 11.8. The molecule has 1 atom stereocenters. The molecule has 0 saturated heterocycles. The Hall–Kier alpha value is -1.31. The maximum atomic E-state index is 11.8. The number of carboxylic acids is 1. The number of halogens is 3. The fourth-order valence-electron chi connectivity index (χ4n) is 0.889. The normalized spacial score (nSPS) is 15.1. The van der Waals surface area contributed by atoms with Gasteiger partial charge in [0.05, 0.1) is 6.54 Å². The summed E-state index contributed by atoms with van der Waals surface area (Å²) in [6, 6.07) is 0. The molecule has 0 saturated carbocycles. The number of hydrogen-bond acceptors (Lipinski definition) is 3. The van der Waals surface area contributed by atoms with Crippen molar-refractivity contribution in [2.24, 2.45) is 0 Å². The summed E-state index contributed by atoms with van der Waals surface area (Å²) in [6.45, 7) is 1.04. The highest BCUT2D eigenvalue weighted by molar-refractivity contribution is 5.81. The first-order chi connectivity index (χ1) is 7.60. The lowest BCUT2D eigenvalue weighted by Crippen LogP contribution is -2.52. The second kappa shape index (κ2) is 5.85. The molecule has 0 radical (unpaired) electrons. The minimum Gasteiger partial charge on any atom is -0.480 e. The van der Waals surface area contributed by atoms with Crippen LogP contribution < -0.4 is 10.6 Å². The quantitative estimate of drug-likeness (QED) is 0.647. The van der Waals surface area contributed by atoms with Crippen LogP contribution in [-0.4, -0.2) is 41.8 Å². The fraction of sp³-hybridized carbons (Fsp3) is 0.778. The van der Waals surface area contributed by atoms with Gasteiger partial charge < -0.3 is 10.4 Å². The fourth-order valence-corrected chi connectivity index (χ4v) is 0.889. The lowest BCUT2D eigenvalue weighted by Gasteiger charge is -2.24. The van der Waals surface area contributed by atoms with E-state index in [0.29, 0.717) is 0 Å². The monoisotopic (exact) mass is 256 g/mol. The lowest BCUT2D eigenvalue weighted by atomic mass is 9.99. The van der Waals surface area contributed by atoms with Crippen LogP contribution in [0, 0.1) is 0 Å². The van der Waals surface area contributed by atoms with Crippen LogP contribution in [0.2, 0.25) is 0 Å². The van der Waals surface area contributed by atoms with E-state index in [9.17, 15) is 22.8 Å². The van der Waals surface area contributed by atoms with E-state index in [1.165, 1.54) is 6.92 Å². The van der Waals surface area contributed by atoms with Crippen LogP contribution in [0.4, 0.5) is 13.2 Å². The highest BCUT2D eigenvalue weighted by atomic mass is 19.4. The van der Waals surface area contributed by atoms with Gasteiger partial charge in [0.15, 0.2) is 0 Å². The number of carbonyl (C=O) groups is 2. The van der Waals surface area contributed by atoms with Gasteiger partial charge in [-0.15, -0.1) is 0 Å². The van der Waals surface area contributed by atoms with Gasteiger partial charge in [0.1, 0.15) is 12.1 Å². The van der Waals surface area contributed by atoms with Crippen molar-refractivity contribution in [3.8, 4) is 0 Å². The Morgan fingerprint density at radius 1 is 1.29 bits per heavy atom. The van der Waals surface area contributed by atoms with Crippen molar-refractivity contribution >= 4 is 11.9 Å². The van der Waals surface area contributed by atoms with Crippen LogP contribution >= 0.6 is 0 Å². The van der Waals surface area contributed by atoms with E-state index in [4.69, 9.17) is 5.11 Å². The number of nitrogens with one attached hydrogen (secondary N) is 2. The van der Waals surface area contributed by atoms with E-state index in [-0.39, 0.29) is 6.42 Å². The molecule has 8 heteroatoms. The van der Waals surface area contributed by atoms with Crippen molar-refractivity contribution < 1.29 is 27.9 Å². The summed E-state index contributed by atoms with van der Waals surface area (Å²) in [4.78, 5) is 21.8. The van der Waals surface area contributed by atoms with Crippen molar-refractivity contribution in [1.82, 2.24) is 10.6 Å². The van der Waals surface area contributed by atoms with Gasteiger partial charge in [-0.05, 0) is 13.3 Å². The molecule has 0 heterocycles. The molecule has 0 aliphatic rings. The summed E-state index contributed by atoms with van der Waals surface area (Å²) in [5, 5.41) is 12.9. The highest BCUT2D eigenvalue weighted by Gasteiger charge is 2.32. The first-order valence-corrected chi connectivity index (χ1v) is 4.92. The SMILES string of the molecule is CCC(C)(NCC(=O)NCC(F)(F)F)C(=O)O. The molecule has 3 N–H and O–H groups in total. The summed E-state index contributed by atoms with van der Waals surface area (Å²) < 4.78 is 35.3. The molecule has 17 heavy (non-hydrogen) atoms. The van der Waals surface area contributed by atoms with E-state index in [2.05, 4.69) is 5.32 Å². The third-order valence-corrected chi connectivity index (χ3v) is 2.30. The molecular formula is C9H15F3N2O3. The Morgan fingerprint density at radius 3 is 2.18 bits per heavy atom. The van der Waals surface area contributed by atoms with Gasteiger partial charge in [-0.3, -0.25) is 14.9 Å². The molecule has 0 bridgehead atoms. The van der Waals surface area contributed by atoms with Gasteiger partial charge in [-0.2, -0.15) is 13.2 Å². The molecule has 1 unspecified atom stereocenters. The first-order valence-electron chi connectivity index (χ1n) is 4.92. The van der Waals surface area contributed by atoms with Crippen molar-refractivity contribution in [1.29, 1.82) is 0 Å². The molecule has 0 fully saturated rings. The van der Waals surface area contributed by atoms with Crippen LogP contribution in [0.25, 0.3) is 0 Å². The van der Waals surface area contributed by atoms with Crippen molar-refractivity contribution in [2.45, 2.75) is 32.0 Å². The number of alkyl halides is 3. The number of carbonyl (C=O) groups excluding carboxylic acids is 1. The zero-order chi connectivity index (χ0) is 13.7. The molecule has 0 aromatic rings. The molecular weight excluding hydrogens is 241 g/mol. The molecule has 100 valence electrons. The van der Waals surface area contributed by atoms with E-state index >= 15 is 0 Å². The molecule has 0 aromatic heterocycles. The summed E-state index contributed by atoms with van der Waals surface area (Å²) in [6.07, 6.45) is -4.27. The zero-order valence-corrected chi connectivity index (χ0v) is 9.52. The van der Waals surface area contributed by atoms with Crippen LogP contribution in [0.1, 0.15) is 20.3 Å². The second-order valence-corrected chi connectivity index (χ2v) is 3.74. The van der Waals surface area contributed by atoms with Crippen LogP contribution in [0.5, 0.6) is 0 Å². The number of carboxylic acid groups (broad SMARTS) is 1. The van der Waals surface area contributed by atoms with Crippen LogP contribution in [0.3, 0.4) is 0 Å². The Balaban J connectivity index is 4.11. The first kappa shape index (κ1) is 15.7. The van der Waals surface area contributed by atoms with E-state index < -0.39 is 36.7 Å². The van der Waals surface area contributed by atoms with Crippen molar-refractivity contribution in [3.05, 3.63) is 0 Å². The van der Waals surface area contributed by atoms with E-state index in [1.54, 1.807) is 12.2 Å². The minimum atomic E-state index is -4.48. The topological polar surface area (TPSA) is 78.4 Å². The van der Waals surface area contributed by atoms with Gasteiger partial charge >= 0.3 is 12.1 Å². The summed E-state index contributed by atoms with van der Waals surface area (Å²) in [7, 11) is 0. The summed E-state index contributed by atoms with van der Waals surface area (Å²) >= 11 is 0. The minimum absolute atomic E-state index is 0.203. The van der Waals surface area contributed by atoms with Crippen molar-refractivity contribution in [3.63, 3.8) is 0 Å². The van der Waals surface area contributed by atoms with Gasteiger partial charge in [-0.1, -0.05) is 6.92 Å². The van der Waals surface area contributed by atoms with Crippen molar-refractivity contribution in [2.75, 3.05) is 13.1 Å². The van der Waals surface area contributed by atoms with E-state index in [0.717, 1.165) is 0 Å². The number of rotatable bonds is 6. The predicted molar refractivity (Wildman–Crippen MR) is 53.4 cm³/mol. The van der Waals surface area contributed by atoms with Gasteiger partial charge in [0, 0.05) is 0 Å². The average Bonchev–Trinajstić information content (AvgIpc) is 2.21. The van der Waals surface area contributed by atoms with Gasteiger partial charge in [0.2, 0.25) is 5.91 Å². The molecule has 0 aliphatic heterocycles. The maximum Gasteiger partial charge on any atom is 0.405 e. The Labute approximate surface area is 96.4 Å². The summed E-state index contributed by atoms with van der Waals surface area (Å²) in [5.74, 6) is -2.06. The molecule has 0 aromatic carbocycles. The molecule has 0 spiro atoms. The second-order valence-electron chi connectivity index (χ2n) is 3.74. The summed E-state index contributed by atoms with van der Waals surface area (Å²) in [5.41, 5.74) is -1.32. The largest absolute Gasteiger partial charge is 0.480 e. The Bertz CT molecular complexity index is 294. The lowest BCUT2D eigenvalue weighted by molar-refractivity contribution is -0.145. The average molecular weight is 256 g/mol. The molecule has 0 aliphatic carbocycles. The number of hydrogen-bond donors (Lipinski definition) is 3. The third kappa shape index (κ3) is 6.10. The van der Waals surface area contributed by atoms with Crippen LogP contribution in [0.15, 0.2) is 0 Å². The van der Waals surface area contributed by atoms with Gasteiger partial charge in [0.25, 0.3) is 0 Å². The molecule has 1 amide bonds. The molecule has 0 rings (SSSR count). The highest BCUT2D eigenvalue weighted by Crippen LogP contribution is 2.12. The van der Waals surface area contributed by atoms with Crippen LogP contribution in [-0.2, 0) is 9.59 Å². The standard InChI is InChI=1S/C9H15F3N2O3/c1-3-8(2,7(16)17)14-4-6(15)13-5-9(10,11)12/h14H,3-5H2,1-2H3,(H,13,15)(H,16,17). The Kier molecular flexibility index (Phi) is 5.40. The smallest absolute Gasteiger partial charge is 0.405 e. The van der Waals surface area contributed by atoms with Gasteiger partial charge in [-0.25, -0.2) is 0 Å². The molecule has 5 nitrogen and oxygen atoms in total. The van der Waals surface area contributed by atoms with E-state index in [1.807, 2.05) is 0 Å². The predicted octanol–water partition coefficient (Wildman–Crippen LogP) is 0.508. The zero-order valence-electron chi connectivity index (χ0n) is 9.52. The third-order valence-electron chi connectivity index (χ3n) is 2.30. The number of amides is 1. The number of aliphatic carboxylic acids is 1. The Morgan fingerprint density at radius 2 is 1.82 bits per heavy atom.